The average Bonchev–Trinajstić information content (AvgIpc) is 0.814. The number of aryl methyl sites for hydroxylation is 6. The van der Waals surface area contributed by atoms with E-state index in [4.69, 9.17) is 4.74 Å². The van der Waals surface area contributed by atoms with Crippen molar-refractivity contribution in [3.05, 3.63) is 368 Å². The highest BCUT2D eigenvalue weighted by Crippen LogP contribution is 2.36. The Hall–Kier alpha value is -11.8. The van der Waals surface area contributed by atoms with Gasteiger partial charge in [-0.15, -0.1) is 0 Å². The van der Waals surface area contributed by atoms with Crippen LogP contribution in [-0.4, -0.2) is 67.8 Å². The summed E-state index contributed by atoms with van der Waals surface area (Å²) in [7, 11) is 1.69. The van der Waals surface area contributed by atoms with E-state index in [1.54, 1.807) is 19.5 Å². The Balaban J connectivity index is 0.000000179. The van der Waals surface area contributed by atoms with Gasteiger partial charge in [-0.1, -0.05) is 326 Å². The lowest BCUT2D eigenvalue weighted by molar-refractivity contribution is 0.276. The van der Waals surface area contributed by atoms with Crippen LogP contribution in [0.5, 0.6) is 5.75 Å². The van der Waals surface area contributed by atoms with Gasteiger partial charge in [0, 0.05) is 52.6 Å². The summed E-state index contributed by atoms with van der Waals surface area (Å²) in [6.07, 6.45) is 7.14. The zero-order chi connectivity index (χ0) is 90.3. The summed E-state index contributed by atoms with van der Waals surface area (Å²) in [6, 6.07) is 82.4. The van der Waals surface area contributed by atoms with E-state index < -0.39 is 0 Å². The number of hydrogen-bond acceptors (Lipinski definition) is 13. The third-order valence-electron chi connectivity index (χ3n) is 22.1. The molecule has 0 unspecified atom stereocenters. The predicted octanol–water partition coefficient (Wildman–Crippen LogP) is 26.7. The number of benzene rings is 10. The summed E-state index contributed by atoms with van der Waals surface area (Å²) in [4.78, 5) is 21.1. The van der Waals surface area contributed by atoms with Crippen LogP contribution in [0.2, 0.25) is 0 Å². The largest absolute Gasteiger partial charge is 0.496 e. The summed E-state index contributed by atoms with van der Waals surface area (Å²) in [5.41, 5.74) is 34.6. The molecule has 0 saturated carbocycles. The van der Waals surface area contributed by atoms with Gasteiger partial charge < -0.3 is 30.3 Å². The van der Waals surface area contributed by atoms with Crippen molar-refractivity contribution < 1.29 is 30.3 Å². The molecule has 0 aliphatic heterocycles. The standard InChI is InChI=1S/2C17H20O.C17H20.3C15H18N2O.C15H17NO/c1-12(2)14-5-7-15(8-6-14)17-9-4-13(3)10-16(17)11-18;1-12(2)14-6-8-15(9-7-14)17-10-13(3)4-5-16(17)11-18;1-12(2)15-8-10-16(11-9-15)17-7-5-6-13(3)14(17)4;1-10(2)12-5-6-14(15(7-12)18-4)13-8-16-11(3)17-9-13;1-10(2)12-4-6-13(7-5-12)14-8-16-11(3)17-15(14)9-18;1-10(2)12-4-6-13(7-5-12)14-8-11(3)16-17-15(14)9-18;1-11(2)12-5-7-13(8-6-12)14-4-3-9-16-15(14)10-17/h2*4-10,12,18H,11H2,1-3H3;5-12H,1-4H3;5-10H,1-4H3;2*4-8,10,18H,9H2,1-3H3;3-9,11,17H,10H2,1-2H3. The van der Waals surface area contributed by atoms with Gasteiger partial charge in [0.15, 0.2) is 0 Å². The molecule has 0 atom stereocenters. The van der Waals surface area contributed by atoms with E-state index in [2.05, 4.69) is 353 Å². The number of rotatable bonds is 20. The number of aliphatic hydroxyl groups excluding tert-OH is 5. The van der Waals surface area contributed by atoms with Gasteiger partial charge in [-0.2, -0.15) is 10.2 Å². The van der Waals surface area contributed by atoms with Gasteiger partial charge >= 0.3 is 0 Å². The first-order chi connectivity index (χ1) is 59.4. The summed E-state index contributed by atoms with van der Waals surface area (Å²) >= 11 is 0. The SMILES string of the molecule is CC(C)c1ccc(-c2cccnc2CO)cc1.COc1cc(C(C)C)ccc1-c1cnc(C)nc1.Cc1cc(-c2ccc(C(C)C)cc2)c(CO)nn1.Cc1ccc(-c2ccc(C(C)C)cc2)c(CO)c1.Cc1ccc(CO)c(-c2ccc(C(C)C)cc2)c1.Cc1cccc(-c2ccc(C(C)C)cc2)c1C.Cc1ncc(-c2ccc(C(C)C)cc2)c(CO)n1. The second-order valence-corrected chi connectivity index (χ2v) is 33.8. The molecule has 0 radical (unpaired) electrons. The fourth-order valence-corrected chi connectivity index (χ4v) is 14.0. The third-order valence-corrected chi connectivity index (χ3v) is 22.1. The molecule has 5 N–H and O–H groups in total. The zero-order valence-corrected chi connectivity index (χ0v) is 77.2. The second kappa shape index (κ2) is 48.3. The molecule has 0 aliphatic rings. The van der Waals surface area contributed by atoms with Crippen LogP contribution in [-0.2, 0) is 33.0 Å². The van der Waals surface area contributed by atoms with Gasteiger partial charge in [-0.25, -0.2) is 19.9 Å². The molecule has 0 spiro atoms. The fourth-order valence-electron chi connectivity index (χ4n) is 14.0. The lowest BCUT2D eigenvalue weighted by atomic mass is 9.94. The molecule has 4 heterocycles. The van der Waals surface area contributed by atoms with Gasteiger partial charge in [-0.3, -0.25) is 4.98 Å². The Morgan fingerprint density at radius 2 is 0.661 bits per heavy atom. The van der Waals surface area contributed by atoms with Gasteiger partial charge in [0.1, 0.15) is 17.4 Å². The minimum Gasteiger partial charge on any atom is -0.496 e. The Labute approximate surface area is 739 Å². The number of ether oxygens (including phenoxy) is 1. The molecule has 14 rings (SSSR count). The van der Waals surface area contributed by atoms with Crippen LogP contribution >= 0.6 is 0 Å². The summed E-state index contributed by atoms with van der Waals surface area (Å²) in [5, 5.41) is 54.8. The van der Waals surface area contributed by atoms with Crippen LogP contribution in [0.25, 0.3) is 77.9 Å². The monoisotopic (exact) mass is 1660 g/mol. The van der Waals surface area contributed by atoms with Gasteiger partial charge in [-0.05, 0) is 219 Å². The molecule has 124 heavy (non-hydrogen) atoms. The third kappa shape index (κ3) is 28.1. The minimum absolute atomic E-state index is 0.0257. The molecule has 0 aliphatic carbocycles. The summed E-state index contributed by atoms with van der Waals surface area (Å²) in [5.74, 6) is 6.09. The molecule has 0 amide bonds. The lowest BCUT2D eigenvalue weighted by Crippen LogP contribution is -1.98. The molecule has 0 fully saturated rings. The van der Waals surface area contributed by atoms with Crippen LogP contribution in [0.1, 0.15) is 245 Å². The van der Waals surface area contributed by atoms with E-state index in [-0.39, 0.29) is 33.0 Å². The summed E-state index contributed by atoms with van der Waals surface area (Å²) in [6.45, 7) is 44.7. The van der Waals surface area contributed by atoms with Crippen molar-refractivity contribution in [2.24, 2.45) is 0 Å². The molecule has 646 valence electrons. The number of aliphatic hydroxyl groups is 5. The molecular weight excluding hydrogens is 1530 g/mol. The Morgan fingerprint density at radius 3 is 1.10 bits per heavy atom. The second-order valence-electron chi connectivity index (χ2n) is 33.8. The number of hydrogen-bond donors (Lipinski definition) is 5. The molecule has 4 aromatic heterocycles. The van der Waals surface area contributed by atoms with E-state index in [9.17, 15) is 25.5 Å². The van der Waals surface area contributed by atoms with Crippen molar-refractivity contribution in [1.82, 2.24) is 35.1 Å². The smallest absolute Gasteiger partial charge is 0.127 e. The predicted molar refractivity (Wildman–Crippen MR) is 516 cm³/mol. The summed E-state index contributed by atoms with van der Waals surface area (Å²) < 4.78 is 5.47. The molecule has 0 saturated heterocycles. The van der Waals surface area contributed by atoms with Crippen molar-refractivity contribution >= 4 is 0 Å². The first-order valence-electron chi connectivity index (χ1n) is 43.4. The van der Waals surface area contributed by atoms with Crippen molar-refractivity contribution in [3.8, 4) is 83.6 Å². The van der Waals surface area contributed by atoms with Crippen molar-refractivity contribution in [1.29, 1.82) is 0 Å². The van der Waals surface area contributed by atoms with Gasteiger partial charge in [0.2, 0.25) is 0 Å². The maximum Gasteiger partial charge on any atom is 0.127 e. The van der Waals surface area contributed by atoms with Gasteiger partial charge in [0.25, 0.3) is 0 Å². The maximum absolute atomic E-state index is 9.45. The Kier molecular flexibility index (Phi) is 38.0. The molecule has 14 aromatic rings. The van der Waals surface area contributed by atoms with E-state index in [1.165, 1.54) is 83.5 Å². The zero-order valence-electron chi connectivity index (χ0n) is 77.2. The van der Waals surface area contributed by atoms with E-state index in [0.29, 0.717) is 58.6 Å². The molecular formula is C111H131N7O6. The van der Waals surface area contributed by atoms with Crippen LogP contribution in [0.3, 0.4) is 0 Å². The average molecular weight is 1660 g/mol. The van der Waals surface area contributed by atoms with E-state index in [0.717, 1.165) is 89.7 Å². The van der Waals surface area contributed by atoms with Crippen molar-refractivity contribution in [2.75, 3.05) is 7.11 Å². The first kappa shape index (κ1) is 97.6. The van der Waals surface area contributed by atoms with Crippen LogP contribution in [0.4, 0.5) is 0 Å². The maximum atomic E-state index is 9.45. The highest BCUT2D eigenvalue weighted by atomic mass is 16.5. The number of methoxy groups -OCH3 is 1. The normalized spacial score (nSPS) is 10.9. The minimum atomic E-state index is -0.0887. The fraction of sp³-hybridized carbons (Fsp3) is 0.306. The molecule has 13 heteroatoms. The number of aromatic nitrogens is 7. The highest BCUT2D eigenvalue weighted by molar-refractivity contribution is 5.73. The van der Waals surface area contributed by atoms with Crippen LogP contribution < -0.4 is 4.74 Å². The van der Waals surface area contributed by atoms with Crippen LogP contribution in [0.15, 0.2) is 261 Å². The molecule has 13 nitrogen and oxygen atoms in total. The highest BCUT2D eigenvalue weighted by Gasteiger charge is 2.16. The van der Waals surface area contributed by atoms with Crippen molar-refractivity contribution in [2.45, 2.75) is 220 Å². The quantitative estimate of drug-likeness (QED) is 0.0483. The van der Waals surface area contributed by atoms with E-state index >= 15 is 0 Å². The number of pyridine rings is 1. The van der Waals surface area contributed by atoms with Gasteiger partial charge in [0.05, 0.1) is 62.9 Å². The van der Waals surface area contributed by atoms with Crippen LogP contribution in [0, 0.1) is 48.5 Å². The Bertz CT molecular complexity index is 5410. The first-order valence-corrected chi connectivity index (χ1v) is 43.4. The lowest BCUT2D eigenvalue weighted by Gasteiger charge is -2.12. The number of nitrogens with zero attached hydrogens (tertiary/aromatic N) is 7. The Morgan fingerprint density at radius 1 is 0.274 bits per heavy atom. The van der Waals surface area contributed by atoms with E-state index in [1.807, 2.05) is 76.5 Å². The van der Waals surface area contributed by atoms with Crippen molar-refractivity contribution in [3.63, 3.8) is 0 Å². The molecule has 10 aromatic carbocycles. The topological polar surface area (TPSA) is 201 Å². The molecule has 0 bridgehead atoms.